The molecule has 0 heterocycles. The predicted molar refractivity (Wildman–Crippen MR) is 122 cm³/mol. The third-order valence-corrected chi connectivity index (χ3v) is 5.90. The first-order valence-corrected chi connectivity index (χ1v) is 11.7. The average molecular weight is 457 g/mol. The molecular formula is C24H25FN2O4S. The summed E-state index contributed by atoms with van der Waals surface area (Å²) in [6.07, 6.45) is 0. The topological polar surface area (TPSA) is 75.7 Å². The van der Waals surface area contributed by atoms with Gasteiger partial charge in [0.1, 0.15) is 11.6 Å². The number of rotatable bonds is 8. The Morgan fingerprint density at radius 2 is 1.44 bits per heavy atom. The van der Waals surface area contributed by atoms with Crippen molar-refractivity contribution >= 4 is 21.8 Å². The first-order chi connectivity index (χ1) is 15.2. The highest BCUT2D eigenvalue weighted by Gasteiger charge is 2.16. The summed E-state index contributed by atoms with van der Waals surface area (Å²) >= 11 is 0. The number of anilines is 1. The van der Waals surface area contributed by atoms with Crippen molar-refractivity contribution in [1.82, 2.24) is 4.90 Å². The number of carbonyl (C=O) groups is 1. The zero-order valence-electron chi connectivity index (χ0n) is 17.9. The van der Waals surface area contributed by atoms with Crippen LogP contribution >= 0.6 is 0 Å². The SMILES string of the molecule is CCS(=O)(=O)Oc1ccc(CN(Cc2ccc(F)cc2)C(=O)Nc2ccc(C)cc2)cc1. The molecule has 0 fully saturated rings. The maximum absolute atomic E-state index is 13.3. The van der Waals surface area contributed by atoms with Gasteiger partial charge in [-0.2, -0.15) is 8.42 Å². The van der Waals surface area contributed by atoms with Crippen molar-refractivity contribution in [2.75, 3.05) is 11.1 Å². The Labute approximate surface area is 187 Å². The number of benzene rings is 3. The van der Waals surface area contributed by atoms with Gasteiger partial charge >= 0.3 is 16.1 Å². The third-order valence-electron chi connectivity index (χ3n) is 4.75. The van der Waals surface area contributed by atoms with Crippen molar-refractivity contribution < 1.29 is 21.8 Å². The van der Waals surface area contributed by atoms with Crippen LogP contribution < -0.4 is 9.50 Å². The van der Waals surface area contributed by atoms with Crippen molar-refractivity contribution in [3.63, 3.8) is 0 Å². The summed E-state index contributed by atoms with van der Waals surface area (Å²) in [7, 11) is -3.61. The highest BCUT2D eigenvalue weighted by molar-refractivity contribution is 7.87. The molecule has 0 radical (unpaired) electrons. The van der Waals surface area contributed by atoms with E-state index in [-0.39, 0.29) is 36.4 Å². The lowest BCUT2D eigenvalue weighted by molar-refractivity contribution is 0.206. The van der Waals surface area contributed by atoms with Gasteiger partial charge in [0.25, 0.3) is 0 Å². The van der Waals surface area contributed by atoms with Crippen molar-refractivity contribution in [3.05, 3.63) is 95.3 Å². The Bertz CT molecular complexity index is 1150. The number of carbonyl (C=O) groups excluding carboxylic acids is 1. The molecule has 0 unspecified atom stereocenters. The standard InChI is InChI=1S/C24H25FN2O4S/c1-3-32(29,30)31-23-14-8-20(9-15-23)17-27(16-19-6-10-21(25)11-7-19)24(28)26-22-12-4-18(2)5-13-22/h4-15H,3,16-17H2,1-2H3,(H,26,28). The molecule has 0 saturated heterocycles. The van der Waals surface area contributed by atoms with Crippen LogP contribution in [-0.2, 0) is 23.2 Å². The Balaban J connectivity index is 1.77. The summed E-state index contributed by atoms with van der Waals surface area (Å²) in [5.74, 6) is -0.258. The maximum Gasteiger partial charge on any atom is 0.322 e. The van der Waals surface area contributed by atoms with Crippen LogP contribution in [0.3, 0.4) is 0 Å². The summed E-state index contributed by atoms with van der Waals surface area (Å²) in [6.45, 7) is 3.99. The molecule has 0 aliphatic heterocycles. The van der Waals surface area contributed by atoms with Crippen LogP contribution in [0.15, 0.2) is 72.8 Å². The molecular weight excluding hydrogens is 431 g/mol. The number of hydrogen-bond acceptors (Lipinski definition) is 4. The summed E-state index contributed by atoms with van der Waals surface area (Å²) in [5, 5.41) is 2.88. The first-order valence-electron chi connectivity index (χ1n) is 10.1. The quantitative estimate of drug-likeness (QED) is 0.479. The third kappa shape index (κ3) is 6.81. The minimum Gasteiger partial charge on any atom is -0.382 e. The number of amides is 2. The van der Waals surface area contributed by atoms with E-state index < -0.39 is 10.1 Å². The van der Waals surface area contributed by atoms with E-state index in [1.54, 1.807) is 41.3 Å². The minimum absolute atomic E-state index is 0.126. The molecule has 0 aliphatic rings. The number of nitrogens with zero attached hydrogens (tertiary/aromatic N) is 1. The van der Waals surface area contributed by atoms with Gasteiger partial charge in [0.05, 0.1) is 5.75 Å². The fourth-order valence-corrected chi connectivity index (χ4v) is 3.45. The van der Waals surface area contributed by atoms with E-state index in [9.17, 15) is 17.6 Å². The monoisotopic (exact) mass is 456 g/mol. The molecule has 168 valence electrons. The molecule has 32 heavy (non-hydrogen) atoms. The normalized spacial score (nSPS) is 11.1. The lowest BCUT2D eigenvalue weighted by atomic mass is 10.1. The van der Waals surface area contributed by atoms with Crippen molar-refractivity contribution in [1.29, 1.82) is 0 Å². The van der Waals surface area contributed by atoms with Crippen LogP contribution in [-0.4, -0.2) is 25.1 Å². The Morgan fingerprint density at radius 1 is 0.906 bits per heavy atom. The van der Waals surface area contributed by atoms with E-state index in [0.29, 0.717) is 5.69 Å². The van der Waals surface area contributed by atoms with Crippen LogP contribution in [0, 0.1) is 12.7 Å². The largest absolute Gasteiger partial charge is 0.382 e. The molecule has 3 aromatic carbocycles. The minimum atomic E-state index is -3.61. The van der Waals surface area contributed by atoms with Crippen molar-refractivity contribution in [2.45, 2.75) is 26.9 Å². The van der Waals surface area contributed by atoms with Crippen molar-refractivity contribution in [2.24, 2.45) is 0 Å². The number of hydrogen-bond donors (Lipinski definition) is 1. The second-order valence-electron chi connectivity index (χ2n) is 7.35. The van der Waals surface area contributed by atoms with Gasteiger partial charge in [-0.1, -0.05) is 42.0 Å². The summed E-state index contributed by atoms with van der Waals surface area (Å²) in [4.78, 5) is 14.6. The molecule has 0 bridgehead atoms. The predicted octanol–water partition coefficient (Wildman–Crippen LogP) is 5.10. The zero-order valence-corrected chi connectivity index (χ0v) is 18.7. The lowest BCUT2D eigenvalue weighted by Gasteiger charge is -2.24. The second kappa shape index (κ2) is 10.3. The van der Waals surface area contributed by atoms with E-state index in [4.69, 9.17) is 4.18 Å². The highest BCUT2D eigenvalue weighted by atomic mass is 32.2. The van der Waals surface area contributed by atoms with Crippen molar-refractivity contribution in [3.8, 4) is 5.75 Å². The van der Waals surface area contributed by atoms with Crippen LogP contribution in [0.1, 0.15) is 23.6 Å². The Morgan fingerprint density at radius 3 is 1.97 bits per heavy atom. The summed E-state index contributed by atoms with van der Waals surface area (Å²) in [6, 6.07) is 19.6. The van der Waals surface area contributed by atoms with E-state index in [1.165, 1.54) is 19.1 Å². The fraction of sp³-hybridized carbons (Fsp3) is 0.208. The first kappa shape index (κ1) is 23.3. The number of nitrogens with one attached hydrogen (secondary N) is 1. The lowest BCUT2D eigenvalue weighted by Crippen LogP contribution is -2.34. The highest BCUT2D eigenvalue weighted by Crippen LogP contribution is 2.18. The van der Waals surface area contributed by atoms with Crippen LogP contribution in [0.5, 0.6) is 5.75 Å². The maximum atomic E-state index is 13.3. The van der Waals surface area contributed by atoms with Gasteiger partial charge in [0, 0.05) is 18.8 Å². The number of aryl methyl sites for hydroxylation is 1. The van der Waals surface area contributed by atoms with Gasteiger partial charge in [-0.15, -0.1) is 0 Å². The summed E-state index contributed by atoms with van der Waals surface area (Å²) in [5.41, 5.74) is 3.31. The van der Waals surface area contributed by atoms with Crippen LogP contribution in [0.4, 0.5) is 14.9 Å². The number of urea groups is 1. The van der Waals surface area contributed by atoms with Gasteiger partial charge in [-0.05, 0) is 61.4 Å². The summed E-state index contributed by atoms with van der Waals surface area (Å²) < 4.78 is 41.5. The molecule has 0 saturated carbocycles. The molecule has 0 aliphatic carbocycles. The average Bonchev–Trinajstić information content (AvgIpc) is 2.77. The van der Waals surface area contributed by atoms with E-state index in [1.807, 2.05) is 31.2 Å². The van der Waals surface area contributed by atoms with E-state index >= 15 is 0 Å². The van der Waals surface area contributed by atoms with Gasteiger partial charge in [-0.25, -0.2) is 9.18 Å². The zero-order chi connectivity index (χ0) is 23.1. The molecule has 0 atom stereocenters. The van der Waals surface area contributed by atoms with E-state index in [0.717, 1.165) is 16.7 Å². The Kier molecular flexibility index (Phi) is 7.48. The molecule has 0 spiro atoms. The van der Waals surface area contributed by atoms with Gasteiger partial charge in [-0.3, -0.25) is 0 Å². The molecule has 6 nitrogen and oxygen atoms in total. The van der Waals surface area contributed by atoms with Gasteiger partial charge in [0.15, 0.2) is 0 Å². The van der Waals surface area contributed by atoms with Crippen LogP contribution in [0.25, 0.3) is 0 Å². The Hall–Kier alpha value is -3.39. The van der Waals surface area contributed by atoms with Gasteiger partial charge < -0.3 is 14.4 Å². The molecule has 1 N–H and O–H groups in total. The molecule has 3 rings (SSSR count). The van der Waals surface area contributed by atoms with E-state index in [2.05, 4.69) is 5.32 Å². The fourth-order valence-electron chi connectivity index (χ4n) is 2.93. The molecule has 3 aromatic rings. The smallest absolute Gasteiger partial charge is 0.322 e. The molecule has 0 aromatic heterocycles. The molecule has 2 amide bonds. The van der Waals surface area contributed by atoms with Gasteiger partial charge in [0.2, 0.25) is 0 Å². The second-order valence-corrected chi connectivity index (χ2v) is 9.21. The van der Waals surface area contributed by atoms with Crippen LogP contribution in [0.2, 0.25) is 0 Å². The molecule has 8 heteroatoms. The number of halogens is 1.